The summed E-state index contributed by atoms with van der Waals surface area (Å²) in [5.74, 6) is 1.01. The molecule has 0 N–H and O–H groups in total. The van der Waals surface area contributed by atoms with Crippen molar-refractivity contribution in [2.45, 2.75) is 0 Å². The van der Waals surface area contributed by atoms with Crippen LogP contribution in [0.4, 0.5) is 0 Å². The third-order valence-corrected chi connectivity index (χ3v) is 4.44. The highest BCUT2D eigenvalue weighted by Crippen LogP contribution is 2.29. The number of carbonyl (C=O) groups is 1. The lowest BCUT2D eigenvalue weighted by molar-refractivity contribution is -0.130. The molecule has 1 aliphatic heterocycles. The van der Waals surface area contributed by atoms with Gasteiger partial charge in [-0.3, -0.25) is 0 Å². The van der Waals surface area contributed by atoms with Gasteiger partial charge in [0.1, 0.15) is 11.5 Å². The van der Waals surface area contributed by atoms with Gasteiger partial charge in [-0.05, 0) is 41.0 Å². The number of cyclic esters (lactones) is 1. The fourth-order valence-corrected chi connectivity index (χ4v) is 2.97. The lowest BCUT2D eigenvalue weighted by atomic mass is 10.0. The van der Waals surface area contributed by atoms with Crippen LogP contribution in [-0.4, -0.2) is 13.1 Å². The van der Waals surface area contributed by atoms with E-state index in [1.54, 1.807) is 13.2 Å². The molecule has 0 bridgehead atoms. The van der Waals surface area contributed by atoms with Crippen molar-refractivity contribution in [1.82, 2.24) is 0 Å². The van der Waals surface area contributed by atoms with Crippen LogP contribution in [0.1, 0.15) is 11.1 Å². The summed E-state index contributed by atoms with van der Waals surface area (Å²) in [5, 5.41) is 0. The van der Waals surface area contributed by atoms with E-state index in [2.05, 4.69) is 12.1 Å². The molecule has 0 saturated heterocycles. The van der Waals surface area contributed by atoms with Crippen LogP contribution in [-0.2, 0) is 9.53 Å². The highest BCUT2D eigenvalue weighted by Gasteiger charge is 2.21. The fourth-order valence-electron chi connectivity index (χ4n) is 2.97. The smallest absolute Gasteiger partial charge is 0.343 e. The molecule has 0 unspecified atom stereocenters. The molecule has 1 heterocycles. The van der Waals surface area contributed by atoms with Crippen LogP contribution in [0.15, 0.2) is 90.5 Å². The zero-order valence-electron chi connectivity index (χ0n) is 14.9. The Kier molecular flexibility index (Phi) is 4.58. The first-order valence-electron chi connectivity index (χ1n) is 8.68. The van der Waals surface area contributed by atoms with E-state index in [-0.39, 0.29) is 5.97 Å². The van der Waals surface area contributed by atoms with E-state index in [4.69, 9.17) is 9.47 Å². The molecule has 3 heteroatoms. The summed E-state index contributed by atoms with van der Waals surface area (Å²) >= 11 is 0. The molecule has 1 aliphatic rings. The molecule has 0 spiro atoms. The van der Waals surface area contributed by atoms with Crippen LogP contribution in [0.25, 0.3) is 23.0 Å². The minimum absolute atomic E-state index is 0.340. The van der Waals surface area contributed by atoms with Crippen molar-refractivity contribution in [3.8, 4) is 16.9 Å². The topological polar surface area (TPSA) is 35.5 Å². The molecule has 0 aliphatic carbocycles. The van der Waals surface area contributed by atoms with E-state index in [0.29, 0.717) is 11.3 Å². The predicted molar refractivity (Wildman–Crippen MR) is 107 cm³/mol. The van der Waals surface area contributed by atoms with Crippen molar-refractivity contribution in [2.75, 3.05) is 7.11 Å². The predicted octanol–water partition coefficient (Wildman–Crippen LogP) is 5.34. The standard InChI is InChI=1S/C24H18O3/c1-26-22-13-7-17(8-14-22)15-21-16-23(27-24(21)25)20-11-9-19(10-12-20)18-5-3-2-4-6-18/h2-16H,1H3. The highest BCUT2D eigenvalue weighted by molar-refractivity contribution is 6.05. The first kappa shape index (κ1) is 16.9. The van der Waals surface area contributed by atoms with Gasteiger partial charge >= 0.3 is 5.97 Å². The van der Waals surface area contributed by atoms with Gasteiger partial charge in [-0.2, -0.15) is 0 Å². The molecular formula is C24H18O3. The summed E-state index contributed by atoms with van der Waals surface area (Å²) in [5.41, 5.74) is 4.60. The molecule has 0 atom stereocenters. The van der Waals surface area contributed by atoms with Crippen molar-refractivity contribution in [3.05, 3.63) is 102 Å². The summed E-state index contributed by atoms with van der Waals surface area (Å²) in [4.78, 5) is 12.2. The summed E-state index contributed by atoms with van der Waals surface area (Å²) in [6.07, 6.45) is 3.59. The summed E-state index contributed by atoms with van der Waals surface area (Å²) in [6, 6.07) is 25.7. The third-order valence-electron chi connectivity index (χ3n) is 4.44. The van der Waals surface area contributed by atoms with E-state index in [1.807, 2.05) is 72.8 Å². The Bertz CT molecular complexity index is 1010. The van der Waals surface area contributed by atoms with Crippen molar-refractivity contribution < 1.29 is 14.3 Å². The zero-order chi connectivity index (χ0) is 18.6. The van der Waals surface area contributed by atoms with Crippen LogP contribution in [0.2, 0.25) is 0 Å². The van der Waals surface area contributed by atoms with Crippen molar-refractivity contribution in [3.63, 3.8) is 0 Å². The summed E-state index contributed by atoms with van der Waals surface area (Å²) < 4.78 is 10.6. The first-order chi connectivity index (χ1) is 13.2. The van der Waals surface area contributed by atoms with Crippen LogP contribution >= 0.6 is 0 Å². The van der Waals surface area contributed by atoms with Crippen LogP contribution < -0.4 is 4.74 Å². The second-order valence-electron chi connectivity index (χ2n) is 6.21. The number of esters is 1. The Morgan fingerprint density at radius 3 is 2.07 bits per heavy atom. The molecule has 132 valence electrons. The molecular weight excluding hydrogens is 336 g/mol. The number of hydrogen-bond acceptors (Lipinski definition) is 3. The molecule has 0 radical (unpaired) electrons. The van der Waals surface area contributed by atoms with Crippen LogP contribution in [0, 0.1) is 0 Å². The summed E-state index contributed by atoms with van der Waals surface area (Å²) in [6.45, 7) is 0. The molecule has 3 nitrogen and oxygen atoms in total. The molecule has 0 amide bonds. The van der Waals surface area contributed by atoms with Crippen molar-refractivity contribution >= 4 is 17.8 Å². The van der Waals surface area contributed by atoms with Crippen LogP contribution in [0.3, 0.4) is 0 Å². The van der Waals surface area contributed by atoms with Gasteiger partial charge in [0.05, 0.1) is 12.7 Å². The van der Waals surface area contributed by atoms with Gasteiger partial charge in [0.2, 0.25) is 0 Å². The molecule has 27 heavy (non-hydrogen) atoms. The average molecular weight is 354 g/mol. The number of methoxy groups -OCH3 is 1. The normalized spacial score (nSPS) is 14.8. The minimum atomic E-state index is -0.340. The van der Waals surface area contributed by atoms with Crippen molar-refractivity contribution in [2.24, 2.45) is 0 Å². The molecule has 0 saturated carbocycles. The summed E-state index contributed by atoms with van der Waals surface area (Å²) in [7, 11) is 1.62. The van der Waals surface area contributed by atoms with Gasteiger partial charge in [0.15, 0.2) is 0 Å². The van der Waals surface area contributed by atoms with Gasteiger partial charge in [-0.1, -0.05) is 66.7 Å². The average Bonchev–Trinajstić information content (AvgIpc) is 3.10. The highest BCUT2D eigenvalue weighted by atomic mass is 16.5. The lowest BCUT2D eigenvalue weighted by Gasteiger charge is -2.05. The first-order valence-corrected chi connectivity index (χ1v) is 8.68. The number of ether oxygens (including phenoxy) is 2. The van der Waals surface area contributed by atoms with Gasteiger partial charge < -0.3 is 9.47 Å². The number of carbonyl (C=O) groups excluding carboxylic acids is 1. The van der Waals surface area contributed by atoms with Gasteiger partial charge in [0, 0.05) is 5.56 Å². The number of hydrogen-bond donors (Lipinski definition) is 0. The van der Waals surface area contributed by atoms with Gasteiger partial charge in [-0.25, -0.2) is 4.79 Å². The third kappa shape index (κ3) is 3.67. The Hall–Kier alpha value is -3.59. The second-order valence-corrected chi connectivity index (χ2v) is 6.21. The quantitative estimate of drug-likeness (QED) is 0.468. The maximum Gasteiger partial charge on any atom is 0.343 e. The monoisotopic (exact) mass is 354 g/mol. The SMILES string of the molecule is COc1ccc(C=C2C=C(c3ccc(-c4ccccc4)cc3)OC2=O)cc1. The Balaban J connectivity index is 1.58. The van der Waals surface area contributed by atoms with Crippen LogP contribution in [0.5, 0.6) is 5.75 Å². The molecule has 3 aromatic rings. The fraction of sp³-hybridized carbons (Fsp3) is 0.0417. The van der Waals surface area contributed by atoms with Crippen molar-refractivity contribution in [1.29, 1.82) is 0 Å². The zero-order valence-corrected chi connectivity index (χ0v) is 14.9. The molecule has 0 aromatic heterocycles. The number of rotatable bonds is 4. The second kappa shape index (κ2) is 7.34. The van der Waals surface area contributed by atoms with E-state index in [0.717, 1.165) is 28.0 Å². The van der Waals surface area contributed by atoms with E-state index >= 15 is 0 Å². The maximum atomic E-state index is 12.2. The van der Waals surface area contributed by atoms with E-state index < -0.39 is 0 Å². The van der Waals surface area contributed by atoms with E-state index in [9.17, 15) is 4.79 Å². The lowest BCUT2D eigenvalue weighted by Crippen LogP contribution is -1.97. The minimum Gasteiger partial charge on any atom is -0.497 e. The Labute approximate surface area is 158 Å². The van der Waals surface area contributed by atoms with Gasteiger partial charge in [-0.15, -0.1) is 0 Å². The Morgan fingerprint density at radius 2 is 1.41 bits per heavy atom. The Morgan fingerprint density at radius 1 is 0.778 bits per heavy atom. The molecule has 3 aromatic carbocycles. The maximum absolute atomic E-state index is 12.2. The number of benzene rings is 3. The van der Waals surface area contributed by atoms with Gasteiger partial charge in [0.25, 0.3) is 0 Å². The largest absolute Gasteiger partial charge is 0.497 e. The molecule has 4 rings (SSSR count). The van der Waals surface area contributed by atoms with E-state index in [1.165, 1.54) is 0 Å². The molecule has 0 fully saturated rings.